The quantitative estimate of drug-likeness (QED) is 0.586. The summed E-state index contributed by atoms with van der Waals surface area (Å²) in [5.74, 6) is 0.409. The lowest BCUT2D eigenvalue weighted by Crippen LogP contribution is -2.55. The van der Waals surface area contributed by atoms with Crippen LogP contribution < -0.4 is 10.6 Å². The largest absolute Gasteiger partial charge is 0.324 e. The number of carbonyl (C=O) groups is 2. The highest BCUT2D eigenvalue weighted by Gasteiger charge is 2.27. The highest BCUT2D eigenvalue weighted by atomic mass is 16.2. The monoisotopic (exact) mass is 183 g/mol. The van der Waals surface area contributed by atoms with Gasteiger partial charge in [0.2, 0.25) is 5.91 Å². The lowest BCUT2D eigenvalue weighted by molar-refractivity contribution is -0.121. The zero-order valence-electron chi connectivity index (χ0n) is 7.38. The molecule has 0 aromatic rings. The van der Waals surface area contributed by atoms with Crippen LogP contribution in [0, 0.1) is 5.92 Å². The minimum atomic E-state index is -0.233. The summed E-state index contributed by atoms with van der Waals surface area (Å²) in [6.45, 7) is 3.31. The number of nitrogens with zero attached hydrogens (tertiary/aromatic N) is 1. The molecule has 0 aromatic carbocycles. The van der Waals surface area contributed by atoms with Gasteiger partial charge in [-0.3, -0.25) is 10.1 Å². The standard InChI is InChI=1S/C8H13N3O2/c12-7-1-2-11(8(13)10-7)5-6-3-9-4-6/h6,9H,1-5H2,(H,10,12,13). The van der Waals surface area contributed by atoms with E-state index in [2.05, 4.69) is 10.6 Å². The molecule has 2 N–H and O–H groups in total. The van der Waals surface area contributed by atoms with E-state index in [9.17, 15) is 9.59 Å². The predicted molar refractivity (Wildman–Crippen MR) is 46.1 cm³/mol. The van der Waals surface area contributed by atoms with E-state index in [1.807, 2.05) is 0 Å². The first-order valence-electron chi connectivity index (χ1n) is 4.55. The summed E-state index contributed by atoms with van der Waals surface area (Å²) >= 11 is 0. The maximum Gasteiger partial charge on any atom is 0.324 e. The molecule has 0 unspecified atom stereocenters. The van der Waals surface area contributed by atoms with Crippen molar-refractivity contribution in [2.75, 3.05) is 26.2 Å². The molecule has 3 amide bonds. The molecule has 5 nitrogen and oxygen atoms in total. The van der Waals surface area contributed by atoms with Gasteiger partial charge in [0.25, 0.3) is 0 Å². The third-order valence-electron chi connectivity index (χ3n) is 2.49. The van der Waals surface area contributed by atoms with Gasteiger partial charge in [0.15, 0.2) is 0 Å². The molecule has 2 rings (SSSR count). The van der Waals surface area contributed by atoms with Crippen molar-refractivity contribution in [2.45, 2.75) is 6.42 Å². The van der Waals surface area contributed by atoms with Crippen molar-refractivity contribution in [3.8, 4) is 0 Å². The molecule has 2 aliphatic heterocycles. The van der Waals surface area contributed by atoms with Crippen LogP contribution in [-0.4, -0.2) is 43.0 Å². The fourth-order valence-corrected chi connectivity index (χ4v) is 1.56. The van der Waals surface area contributed by atoms with Crippen LogP contribution in [0.2, 0.25) is 0 Å². The zero-order valence-corrected chi connectivity index (χ0v) is 7.38. The van der Waals surface area contributed by atoms with Crippen LogP contribution in [0.4, 0.5) is 4.79 Å². The Kier molecular flexibility index (Phi) is 2.18. The Balaban J connectivity index is 1.84. The fourth-order valence-electron chi connectivity index (χ4n) is 1.56. The first-order valence-corrected chi connectivity index (χ1v) is 4.55. The van der Waals surface area contributed by atoms with Crippen molar-refractivity contribution in [1.82, 2.24) is 15.5 Å². The molecule has 13 heavy (non-hydrogen) atoms. The van der Waals surface area contributed by atoms with E-state index in [-0.39, 0.29) is 11.9 Å². The summed E-state index contributed by atoms with van der Waals surface area (Å²) in [7, 11) is 0. The van der Waals surface area contributed by atoms with Gasteiger partial charge < -0.3 is 10.2 Å². The molecule has 72 valence electrons. The Hall–Kier alpha value is -1.10. The van der Waals surface area contributed by atoms with Crippen LogP contribution in [0.3, 0.4) is 0 Å². The van der Waals surface area contributed by atoms with E-state index in [0.717, 1.165) is 19.6 Å². The Bertz CT molecular complexity index is 238. The van der Waals surface area contributed by atoms with E-state index < -0.39 is 0 Å². The lowest BCUT2D eigenvalue weighted by atomic mass is 10.0. The van der Waals surface area contributed by atoms with Gasteiger partial charge in [0, 0.05) is 38.5 Å². The van der Waals surface area contributed by atoms with Gasteiger partial charge >= 0.3 is 6.03 Å². The van der Waals surface area contributed by atoms with Gasteiger partial charge in [-0.05, 0) is 0 Å². The summed E-state index contributed by atoms with van der Waals surface area (Å²) < 4.78 is 0. The second kappa shape index (κ2) is 3.33. The second-order valence-corrected chi connectivity index (χ2v) is 3.57. The van der Waals surface area contributed by atoms with Crippen LogP contribution in [-0.2, 0) is 4.79 Å². The summed E-state index contributed by atoms with van der Waals surface area (Å²) in [4.78, 5) is 23.8. The van der Waals surface area contributed by atoms with Crippen molar-refractivity contribution in [3.63, 3.8) is 0 Å². The molecule has 2 heterocycles. The molecule has 0 radical (unpaired) electrons. The van der Waals surface area contributed by atoms with Gasteiger partial charge in [-0.15, -0.1) is 0 Å². The highest BCUT2D eigenvalue weighted by molar-refractivity contribution is 5.96. The number of imide groups is 1. The predicted octanol–water partition coefficient (Wildman–Crippen LogP) is -0.852. The van der Waals surface area contributed by atoms with E-state index in [0.29, 0.717) is 18.9 Å². The number of urea groups is 1. The Morgan fingerprint density at radius 1 is 1.38 bits per heavy atom. The number of nitrogens with one attached hydrogen (secondary N) is 2. The third-order valence-corrected chi connectivity index (χ3v) is 2.49. The second-order valence-electron chi connectivity index (χ2n) is 3.57. The third kappa shape index (κ3) is 1.80. The Morgan fingerprint density at radius 3 is 2.69 bits per heavy atom. The summed E-state index contributed by atoms with van der Waals surface area (Å²) in [6, 6.07) is -0.233. The van der Waals surface area contributed by atoms with Crippen LogP contribution in [0.1, 0.15) is 6.42 Å². The fraction of sp³-hybridized carbons (Fsp3) is 0.750. The summed E-state index contributed by atoms with van der Waals surface area (Å²) in [5.41, 5.74) is 0. The molecule has 5 heteroatoms. The van der Waals surface area contributed by atoms with Crippen LogP contribution in [0.15, 0.2) is 0 Å². The average molecular weight is 183 g/mol. The first-order chi connectivity index (χ1) is 6.25. The van der Waals surface area contributed by atoms with Gasteiger partial charge in [-0.1, -0.05) is 0 Å². The molecule has 0 saturated carbocycles. The van der Waals surface area contributed by atoms with Crippen LogP contribution in [0.25, 0.3) is 0 Å². The van der Waals surface area contributed by atoms with Gasteiger partial charge in [-0.2, -0.15) is 0 Å². The molecule has 0 bridgehead atoms. The molecule has 0 aliphatic carbocycles. The molecule has 2 aliphatic rings. The van der Waals surface area contributed by atoms with Gasteiger partial charge in [-0.25, -0.2) is 4.79 Å². The lowest BCUT2D eigenvalue weighted by Gasteiger charge is -2.34. The highest BCUT2D eigenvalue weighted by Crippen LogP contribution is 2.08. The minimum absolute atomic E-state index is 0.159. The maximum atomic E-state index is 11.3. The van der Waals surface area contributed by atoms with Gasteiger partial charge in [0.1, 0.15) is 0 Å². The summed E-state index contributed by atoms with van der Waals surface area (Å²) in [5, 5.41) is 5.46. The first kappa shape index (κ1) is 8.50. The number of carbonyl (C=O) groups excluding carboxylic acids is 2. The molecular formula is C8H13N3O2. The summed E-state index contributed by atoms with van der Waals surface area (Å²) in [6.07, 6.45) is 0.436. The number of amides is 3. The van der Waals surface area contributed by atoms with Crippen molar-refractivity contribution in [2.24, 2.45) is 5.92 Å². The smallest absolute Gasteiger partial charge is 0.324 e. The van der Waals surface area contributed by atoms with Crippen molar-refractivity contribution < 1.29 is 9.59 Å². The molecular weight excluding hydrogens is 170 g/mol. The van der Waals surface area contributed by atoms with E-state index in [4.69, 9.17) is 0 Å². The SMILES string of the molecule is O=C1CCN(CC2CNC2)C(=O)N1. The molecule has 0 atom stereocenters. The molecule has 0 spiro atoms. The number of rotatable bonds is 2. The van der Waals surface area contributed by atoms with Crippen molar-refractivity contribution in [1.29, 1.82) is 0 Å². The zero-order chi connectivity index (χ0) is 9.26. The van der Waals surface area contributed by atoms with Gasteiger partial charge in [0.05, 0.1) is 0 Å². The maximum absolute atomic E-state index is 11.3. The molecule has 2 fully saturated rings. The van der Waals surface area contributed by atoms with Crippen molar-refractivity contribution in [3.05, 3.63) is 0 Å². The van der Waals surface area contributed by atoms with Crippen molar-refractivity contribution >= 4 is 11.9 Å². The molecule has 0 aromatic heterocycles. The Labute approximate surface area is 76.5 Å². The normalized spacial score (nSPS) is 24.2. The number of hydrogen-bond donors (Lipinski definition) is 2. The minimum Gasteiger partial charge on any atom is -0.324 e. The topological polar surface area (TPSA) is 61.4 Å². The average Bonchev–Trinajstić information content (AvgIpc) is 1.99. The van der Waals surface area contributed by atoms with Crippen LogP contribution >= 0.6 is 0 Å². The van der Waals surface area contributed by atoms with E-state index in [1.54, 1.807) is 4.90 Å². The molecule has 2 saturated heterocycles. The van der Waals surface area contributed by atoms with E-state index >= 15 is 0 Å². The number of hydrogen-bond acceptors (Lipinski definition) is 3. The van der Waals surface area contributed by atoms with Crippen LogP contribution in [0.5, 0.6) is 0 Å². The Morgan fingerprint density at radius 2 is 2.15 bits per heavy atom. The van der Waals surface area contributed by atoms with E-state index in [1.165, 1.54) is 0 Å².